The van der Waals surface area contributed by atoms with Crippen LogP contribution in [0.15, 0.2) is 0 Å². The van der Waals surface area contributed by atoms with Crippen LogP contribution in [-0.2, 0) is 14.3 Å². The quantitative estimate of drug-likeness (QED) is 0.505. The zero-order chi connectivity index (χ0) is 9.40. The summed E-state index contributed by atoms with van der Waals surface area (Å²) in [7, 11) is 0. The fourth-order valence-corrected chi connectivity index (χ4v) is 0.579. The van der Waals surface area contributed by atoms with E-state index in [1.54, 1.807) is 0 Å². The van der Waals surface area contributed by atoms with Gasteiger partial charge in [-0.05, 0) is 6.42 Å². The Hall–Kier alpha value is -0.770. The van der Waals surface area contributed by atoms with Crippen molar-refractivity contribution >= 4 is 23.5 Å². The Morgan fingerprint density at radius 1 is 1.50 bits per heavy atom. The second kappa shape index (κ2) is 6.91. The van der Waals surface area contributed by atoms with E-state index in [0.29, 0.717) is 6.61 Å². The van der Waals surface area contributed by atoms with E-state index in [9.17, 15) is 9.59 Å². The summed E-state index contributed by atoms with van der Waals surface area (Å²) >= 11 is 5.18. The number of carbonyl (C=O) groups is 2. The van der Waals surface area contributed by atoms with Crippen molar-refractivity contribution in [2.45, 2.75) is 13.3 Å². The van der Waals surface area contributed by atoms with E-state index in [4.69, 9.17) is 11.6 Å². The number of amides is 1. The van der Waals surface area contributed by atoms with Gasteiger partial charge in [0.1, 0.15) is 12.4 Å². The van der Waals surface area contributed by atoms with Crippen molar-refractivity contribution in [3.8, 4) is 0 Å². The molecule has 0 aliphatic heterocycles. The first-order valence-corrected chi connectivity index (χ1v) is 4.22. The molecule has 0 radical (unpaired) electrons. The molecule has 12 heavy (non-hydrogen) atoms. The van der Waals surface area contributed by atoms with Crippen molar-refractivity contribution in [2.75, 3.05) is 19.0 Å². The molecule has 1 amide bonds. The monoisotopic (exact) mass is 193 g/mol. The summed E-state index contributed by atoms with van der Waals surface area (Å²) in [4.78, 5) is 21.3. The Balaban J connectivity index is 3.37. The van der Waals surface area contributed by atoms with Crippen molar-refractivity contribution in [3.05, 3.63) is 0 Å². The van der Waals surface area contributed by atoms with Gasteiger partial charge < -0.3 is 10.1 Å². The van der Waals surface area contributed by atoms with Crippen LogP contribution in [0.25, 0.3) is 0 Å². The number of rotatable bonds is 5. The Labute approximate surface area is 76.2 Å². The van der Waals surface area contributed by atoms with Gasteiger partial charge in [0, 0.05) is 0 Å². The molecule has 0 aromatic carbocycles. The molecular formula is C7H12ClNO3. The third-order valence-electron chi connectivity index (χ3n) is 1.02. The van der Waals surface area contributed by atoms with Gasteiger partial charge in [-0.15, -0.1) is 11.6 Å². The molecule has 0 saturated carbocycles. The first-order valence-electron chi connectivity index (χ1n) is 3.69. The second-order valence-corrected chi connectivity index (χ2v) is 2.40. The van der Waals surface area contributed by atoms with Crippen molar-refractivity contribution < 1.29 is 14.3 Å². The highest BCUT2D eigenvalue weighted by Gasteiger charge is 2.03. The molecule has 4 nitrogen and oxygen atoms in total. The SMILES string of the molecule is CCCOC(=O)CNC(=O)CCl. The van der Waals surface area contributed by atoms with E-state index in [2.05, 4.69) is 10.1 Å². The van der Waals surface area contributed by atoms with Crippen LogP contribution >= 0.6 is 11.6 Å². The van der Waals surface area contributed by atoms with E-state index in [1.807, 2.05) is 6.92 Å². The Kier molecular flexibility index (Phi) is 6.47. The highest BCUT2D eigenvalue weighted by molar-refractivity contribution is 6.27. The van der Waals surface area contributed by atoms with Crippen molar-refractivity contribution in [3.63, 3.8) is 0 Å². The number of ether oxygens (including phenoxy) is 1. The predicted molar refractivity (Wildman–Crippen MR) is 45.0 cm³/mol. The third kappa shape index (κ3) is 5.97. The van der Waals surface area contributed by atoms with Crippen LogP contribution in [0.4, 0.5) is 0 Å². The lowest BCUT2D eigenvalue weighted by atomic mass is 10.5. The number of hydrogen-bond donors (Lipinski definition) is 1. The lowest BCUT2D eigenvalue weighted by Crippen LogP contribution is -2.31. The minimum atomic E-state index is -0.435. The number of carbonyl (C=O) groups excluding carboxylic acids is 2. The number of nitrogens with one attached hydrogen (secondary N) is 1. The van der Waals surface area contributed by atoms with Gasteiger partial charge in [-0.2, -0.15) is 0 Å². The second-order valence-electron chi connectivity index (χ2n) is 2.13. The van der Waals surface area contributed by atoms with Gasteiger partial charge in [0.05, 0.1) is 6.61 Å². The van der Waals surface area contributed by atoms with E-state index in [1.165, 1.54) is 0 Å². The molecule has 0 fully saturated rings. The smallest absolute Gasteiger partial charge is 0.325 e. The summed E-state index contributed by atoms with van der Waals surface area (Å²) in [6, 6.07) is 0. The van der Waals surface area contributed by atoms with Crippen LogP contribution in [-0.4, -0.2) is 30.9 Å². The molecule has 0 atom stereocenters. The number of alkyl halides is 1. The van der Waals surface area contributed by atoms with Crippen LogP contribution in [0.5, 0.6) is 0 Å². The van der Waals surface area contributed by atoms with Gasteiger partial charge in [-0.3, -0.25) is 9.59 Å². The first-order chi connectivity index (χ1) is 5.70. The molecule has 0 aliphatic rings. The molecule has 0 bridgehead atoms. The molecule has 0 aromatic heterocycles. The number of hydrogen-bond acceptors (Lipinski definition) is 3. The molecule has 0 heterocycles. The van der Waals surface area contributed by atoms with E-state index < -0.39 is 5.97 Å². The topological polar surface area (TPSA) is 55.4 Å². The Morgan fingerprint density at radius 2 is 2.17 bits per heavy atom. The van der Waals surface area contributed by atoms with Crippen molar-refractivity contribution in [1.82, 2.24) is 5.32 Å². The Morgan fingerprint density at radius 3 is 2.67 bits per heavy atom. The van der Waals surface area contributed by atoms with Gasteiger partial charge in [0.25, 0.3) is 0 Å². The molecule has 70 valence electrons. The van der Waals surface area contributed by atoms with Crippen LogP contribution < -0.4 is 5.32 Å². The maximum atomic E-state index is 10.7. The summed E-state index contributed by atoms with van der Waals surface area (Å²) < 4.78 is 4.69. The normalized spacial score (nSPS) is 9.17. The van der Waals surface area contributed by atoms with E-state index in [-0.39, 0.29) is 18.3 Å². The fourth-order valence-electron chi connectivity index (χ4n) is 0.485. The van der Waals surface area contributed by atoms with Gasteiger partial charge in [0.2, 0.25) is 5.91 Å². The Bertz CT molecular complexity index is 161. The summed E-state index contributed by atoms with van der Waals surface area (Å²) in [6.07, 6.45) is 0.773. The van der Waals surface area contributed by atoms with E-state index in [0.717, 1.165) is 6.42 Å². The zero-order valence-corrected chi connectivity index (χ0v) is 7.69. The fraction of sp³-hybridized carbons (Fsp3) is 0.714. The average Bonchev–Trinajstić information content (AvgIpc) is 2.10. The molecule has 0 rings (SSSR count). The molecule has 0 aliphatic carbocycles. The van der Waals surface area contributed by atoms with Crippen LogP contribution in [0.1, 0.15) is 13.3 Å². The number of esters is 1. The molecule has 5 heteroatoms. The van der Waals surface area contributed by atoms with Gasteiger partial charge in [0.15, 0.2) is 0 Å². The predicted octanol–water partition coefficient (Wildman–Crippen LogP) is 0.295. The summed E-state index contributed by atoms with van der Waals surface area (Å²) in [5.74, 6) is -0.943. The van der Waals surface area contributed by atoms with E-state index >= 15 is 0 Å². The van der Waals surface area contributed by atoms with Crippen LogP contribution in [0, 0.1) is 0 Å². The van der Waals surface area contributed by atoms with Crippen molar-refractivity contribution in [1.29, 1.82) is 0 Å². The molecule has 0 aromatic rings. The minimum absolute atomic E-state index is 0.106. The largest absolute Gasteiger partial charge is 0.464 e. The summed E-state index contributed by atoms with van der Waals surface area (Å²) in [5.41, 5.74) is 0. The van der Waals surface area contributed by atoms with Crippen LogP contribution in [0.3, 0.4) is 0 Å². The zero-order valence-electron chi connectivity index (χ0n) is 6.93. The lowest BCUT2D eigenvalue weighted by Gasteiger charge is -2.03. The summed E-state index contributed by atoms with van der Waals surface area (Å²) in [5, 5.41) is 2.30. The van der Waals surface area contributed by atoms with Crippen LogP contribution in [0.2, 0.25) is 0 Å². The first kappa shape index (κ1) is 11.2. The van der Waals surface area contributed by atoms with Gasteiger partial charge in [-0.1, -0.05) is 6.92 Å². The highest BCUT2D eigenvalue weighted by atomic mass is 35.5. The molecule has 0 spiro atoms. The van der Waals surface area contributed by atoms with Crippen molar-refractivity contribution in [2.24, 2.45) is 0 Å². The van der Waals surface area contributed by atoms with Gasteiger partial charge >= 0.3 is 5.97 Å². The molecule has 1 N–H and O–H groups in total. The molecule has 0 unspecified atom stereocenters. The third-order valence-corrected chi connectivity index (χ3v) is 1.26. The molecular weight excluding hydrogens is 182 g/mol. The molecule has 0 saturated heterocycles. The summed E-state index contributed by atoms with van der Waals surface area (Å²) in [6.45, 7) is 2.17. The highest BCUT2D eigenvalue weighted by Crippen LogP contribution is 1.81. The lowest BCUT2D eigenvalue weighted by molar-refractivity contribution is -0.143. The number of halogens is 1. The maximum Gasteiger partial charge on any atom is 0.325 e. The standard InChI is InChI=1S/C7H12ClNO3/c1-2-3-12-7(11)5-9-6(10)4-8/h2-5H2,1H3,(H,9,10). The van der Waals surface area contributed by atoms with Gasteiger partial charge in [-0.25, -0.2) is 0 Å². The average molecular weight is 194 g/mol. The minimum Gasteiger partial charge on any atom is -0.464 e. The maximum absolute atomic E-state index is 10.7.